The first-order valence-corrected chi connectivity index (χ1v) is 4.90. The highest BCUT2D eigenvalue weighted by Crippen LogP contribution is 2.37. The van der Waals surface area contributed by atoms with E-state index in [9.17, 15) is 10.2 Å². The smallest absolute Gasteiger partial charge is 0.282 e. The van der Waals surface area contributed by atoms with Crippen LogP contribution in [0.25, 0.3) is 21.1 Å². The van der Waals surface area contributed by atoms with Gasteiger partial charge in [-0.25, -0.2) is 0 Å². The summed E-state index contributed by atoms with van der Waals surface area (Å²) in [6.07, 6.45) is 0. The van der Waals surface area contributed by atoms with Crippen LogP contribution in [0.2, 0.25) is 0 Å². The predicted octanol–water partition coefficient (Wildman–Crippen LogP) is 3.06. The van der Waals surface area contributed by atoms with E-state index in [-0.39, 0.29) is 11.0 Å². The highest BCUT2D eigenvalue weighted by molar-refractivity contribution is 7.20. The Morgan fingerprint density at radius 3 is 2.79 bits per heavy atom. The van der Waals surface area contributed by atoms with Gasteiger partial charge in [0.15, 0.2) is 5.06 Å². The average Bonchev–Trinajstić information content (AvgIpc) is 2.65. The van der Waals surface area contributed by atoms with Crippen LogP contribution in [0.15, 0.2) is 28.7 Å². The number of aromatic hydroxyl groups is 2. The zero-order valence-corrected chi connectivity index (χ0v) is 7.84. The van der Waals surface area contributed by atoms with Crippen molar-refractivity contribution in [1.82, 2.24) is 0 Å². The van der Waals surface area contributed by atoms with Crippen LogP contribution < -0.4 is 0 Å². The van der Waals surface area contributed by atoms with Gasteiger partial charge in [-0.05, 0) is 12.1 Å². The lowest BCUT2D eigenvalue weighted by molar-refractivity contribution is 0.346. The van der Waals surface area contributed by atoms with Gasteiger partial charge in [-0.3, -0.25) is 0 Å². The first-order chi connectivity index (χ1) is 6.74. The third-order valence-corrected chi connectivity index (χ3v) is 3.07. The molecule has 0 amide bonds. The Bertz CT molecular complexity index is 565. The molecule has 70 valence electrons. The van der Waals surface area contributed by atoms with Crippen LogP contribution in [0, 0.1) is 0 Å². The lowest BCUT2D eigenvalue weighted by Gasteiger charge is -1.88. The van der Waals surface area contributed by atoms with Crippen molar-refractivity contribution in [2.45, 2.75) is 0 Å². The Hall–Kier alpha value is -1.68. The second kappa shape index (κ2) is 2.42. The molecule has 2 heterocycles. The summed E-state index contributed by atoms with van der Waals surface area (Å²) >= 11 is 1.31. The molecular formula is C10H6O3S. The molecule has 0 radical (unpaired) electrons. The van der Waals surface area contributed by atoms with Crippen LogP contribution in [0.5, 0.6) is 11.0 Å². The molecule has 3 rings (SSSR count). The van der Waals surface area contributed by atoms with Crippen LogP contribution in [-0.2, 0) is 0 Å². The number of hydrogen-bond acceptors (Lipinski definition) is 4. The second-order valence-corrected chi connectivity index (χ2v) is 4.12. The standard InChI is InChI=1S/C10H6O3S/c11-9-3-5-6-4-10(12)14-8(6)2-1-7(5)13-9/h1-4,11-12H. The Morgan fingerprint density at radius 1 is 1.07 bits per heavy atom. The monoisotopic (exact) mass is 206 g/mol. The van der Waals surface area contributed by atoms with Gasteiger partial charge in [-0.2, -0.15) is 0 Å². The molecule has 0 saturated carbocycles. The minimum absolute atomic E-state index is 0.0989. The molecule has 4 heteroatoms. The van der Waals surface area contributed by atoms with Gasteiger partial charge in [-0.15, -0.1) is 0 Å². The molecule has 3 aromatic rings. The fraction of sp³-hybridized carbons (Fsp3) is 0. The Kier molecular flexibility index (Phi) is 1.33. The van der Waals surface area contributed by atoms with Crippen molar-refractivity contribution < 1.29 is 14.6 Å². The summed E-state index contributed by atoms with van der Waals surface area (Å²) in [6.45, 7) is 0. The summed E-state index contributed by atoms with van der Waals surface area (Å²) in [4.78, 5) is 0. The molecular weight excluding hydrogens is 200 g/mol. The molecule has 0 atom stereocenters. The Morgan fingerprint density at radius 2 is 1.93 bits per heavy atom. The van der Waals surface area contributed by atoms with Gasteiger partial charge in [0, 0.05) is 27.6 Å². The summed E-state index contributed by atoms with van der Waals surface area (Å²) < 4.78 is 6.05. The molecule has 2 aromatic heterocycles. The molecule has 0 fully saturated rings. The lowest BCUT2D eigenvalue weighted by atomic mass is 10.2. The average molecular weight is 206 g/mol. The summed E-state index contributed by atoms with van der Waals surface area (Å²) in [5.41, 5.74) is 0.632. The van der Waals surface area contributed by atoms with E-state index in [4.69, 9.17) is 4.42 Å². The number of benzene rings is 1. The highest BCUT2D eigenvalue weighted by Gasteiger charge is 2.08. The topological polar surface area (TPSA) is 53.6 Å². The minimum atomic E-state index is -0.0989. The molecule has 0 unspecified atom stereocenters. The number of hydrogen-bond donors (Lipinski definition) is 2. The van der Waals surface area contributed by atoms with E-state index in [0.29, 0.717) is 5.58 Å². The number of furan rings is 1. The molecule has 0 saturated heterocycles. The van der Waals surface area contributed by atoms with Crippen molar-refractivity contribution >= 4 is 32.4 Å². The number of thiophene rings is 1. The van der Waals surface area contributed by atoms with Gasteiger partial charge < -0.3 is 14.6 Å². The third kappa shape index (κ3) is 0.914. The van der Waals surface area contributed by atoms with Crippen molar-refractivity contribution in [2.24, 2.45) is 0 Å². The SMILES string of the molecule is Oc1cc2c(ccc3sc(O)cc32)o1. The maximum Gasteiger partial charge on any atom is 0.282 e. The van der Waals surface area contributed by atoms with Crippen molar-refractivity contribution in [3.05, 3.63) is 24.3 Å². The van der Waals surface area contributed by atoms with Gasteiger partial charge in [0.1, 0.15) is 5.58 Å². The van der Waals surface area contributed by atoms with Gasteiger partial charge in [0.05, 0.1) is 0 Å². The Balaban J connectivity index is 2.58. The zero-order chi connectivity index (χ0) is 9.71. The largest absolute Gasteiger partial charge is 0.499 e. The van der Waals surface area contributed by atoms with Crippen molar-refractivity contribution in [3.8, 4) is 11.0 Å². The van der Waals surface area contributed by atoms with Gasteiger partial charge in [0.25, 0.3) is 5.95 Å². The van der Waals surface area contributed by atoms with E-state index in [2.05, 4.69) is 0 Å². The van der Waals surface area contributed by atoms with E-state index >= 15 is 0 Å². The highest BCUT2D eigenvalue weighted by atomic mass is 32.1. The molecule has 0 spiro atoms. The summed E-state index contributed by atoms with van der Waals surface area (Å²) in [5.74, 6) is -0.0989. The van der Waals surface area contributed by atoms with E-state index in [0.717, 1.165) is 15.5 Å². The van der Waals surface area contributed by atoms with Gasteiger partial charge >= 0.3 is 0 Å². The van der Waals surface area contributed by atoms with Gasteiger partial charge in [-0.1, -0.05) is 11.3 Å². The minimum Gasteiger partial charge on any atom is -0.499 e. The molecule has 0 aliphatic rings. The van der Waals surface area contributed by atoms with Crippen LogP contribution in [0.4, 0.5) is 0 Å². The fourth-order valence-electron chi connectivity index (χ4n) is 1.60. The van der Waals surface area contributed by atoms with Crippen molar-refractivity contribution in [3.63, 3.8) is 0 Å². The van der Waals surface area contributed by atoms with Crippen molar-refractivity contribution in [2.75, 3.05) is 0 Å². The molecule has 14 heavy (non-hydrogen) atoms. The van der Waals surface area contributed by atoms with Crippen LogP contribution >= 0.6 is 11.3 Å². The van der Waals surface area contributed by atoms with Crippen LogP contribution in [0.1, 0.15) is 0 Å². The van der Waals surface area contributed by atoms with Crippen LogP contribution in [0.3, 0.4) is 0 Å². The molecule has 0 bridgehead atoms. The second-order valence-electron chi connectivity index (χ2n) is 3.06. The first kappa shape index (κ1) is 7.70. The zero-order valence-electron chi connectivity index (χ0n) is 7.02. The Labute approximate surface area is 82.8 Å². The van der Waals surface area contributed by atoms with E-state index in [1.54, 1.807) is 18.2 Å². The van der Waals surface area contributed by atoms with Crippen LogP contribution in [-0.4, -0.2) is 10.2 Å². The normalized spacial score (nSPS) is 11.4. The van der Waals surface area contributed by atoms with E-state index in [1.165, 1.54) is 11.3 Å². The third-order valence-electron chi connectivity index (χ3n) is 2.17. The maximum atomic E-state index is 9.35. The fourth-order valence-corrected chi connectivity index (χ4v) is 2.42. The number of rotatable bonds is 0. The summed E-state index contributed by atoms with van der Waals surface area (Å²) in [6, 6.07) is 6.89. The van der Waals surface area contributed by atoms with E-state index < -0.39 is 0 Å². The van der Waals surface area contributed by atoms with Crippen molar-refractivity contribution in [1.29, 1.82) is 0 Å². The molecule has 0 aliphatic carbocycles. The molecule has 1 aromatic carbocycles. The predicted molar refractivity (Wildman–Crippen MR) is 54.9 cm³/mol. The maximum absolute atomic E-state index is 9.35. The quantitative estimate of drug-likeness (QED) is 0.594. The first-order valence-electron chi connectivity index (χ1n) is 4.08. The number of fused-ring (bicyclic) bond motifs is 3. The molecule has 3 nitrogen and oxygen atoms in total. The lowest BCUT2D eigenvalue weighted by Crippen LogP contribution is -1.63. The molecule has 2 N–H and O–H groups in total. The van der Waals surface area contributed by atoms with Gasteiger partial charge in [0.2, 0.25) is 0 Å². The molecule has 0 aliphatic heterocycles. The van der Waals surface area contributed by atoms with E-state index in [1.807, 2.05) is 6.07 Å². The summed E-state index contributed by atoms with van der Waals surface area (Å²) in [7, 11) is 0. The summed E-state index contributed by atoms with van der Waals surface area (Å²) in [5, 5.41) is 20.6.